The van der Waals surface area contributed by atoms with Gasteiger partial charge in [-0.25, -0.2) is 0 Å². The van der Waals surface area contributed by atoms with Crippen LogP contribution in [-0.2, 0) is 28.6 Å². The van der Waals surface area contributed by atoms with Crippen molar-refractivity contribution in [2.24, 2.45) is 0 Å². The summed E-state index contributed by atoms with van der Waals surface area (Å²) < 4.78 is 52.5. The lowest BCUT2D eigenvalue weighted by Crippen LogP contribution is -2.32. The molecule has 0 saturated heterocycles. The third-order valence-electron chi connectivity index (χ3n) is 2.83. The van der Waals surface area contributed by atoms with Crippen molar-refractivity contribution < 1.29 is 25.2 Å². The van der Waals surface area contributed by atoms with E-state index in [-0.39, 0.29) is 13.2 Å². The molecule has 8 nitrogen and oxygen atoms in total. The van der Waals surface area contributed by atoms with Gasteiger partial charge < -0.3 is 9.80 Å². The molecular formula is C12H28N2O6S2. The van der Waals surface area contributed by atoms with Crippen LogP contribution in [0.15, 0.2) is 0 Å². The second-order valence-electron chi connectivity index (χ2n) is 5.37. The zero-order valence-corrected chi connectivity index (χ0v) is 15.5. The first-order valence-electron chi connectivity index (χ1n) is 7.05. The minimum Gasteiger partial charge on any atom is -0.305 e. The number of likely N-dealkylation sites (N-methyl/N-ethyl adjacent to an activating group) is 2. The molecular weight excluding hydrogens is 332 g/mol. The van der Waals surface area contributed by atoms with E-state index in [4.69, 9.17) is 0 Å². The molecule has 0 heterocycles. The van der Waals surface area contributed by atoms with Gasteiger partial charge in [-0.3, -0.25) is 8.37 Å². The fourth-order valence-corrected chi connectivity index (χ4v) is 2.50. The number of hydrogen-bond acceptors (Lipinski definition) is 8. The predicted molar refractivity (Wildman–Crippen MR) is 85.8 cm³/mol. The van der Waals surface area contributed by atoms with E-state index >= 15 is 0 Å². The smallest absolute Gasteiger partial charge is 0.264 e. The van der Waals surface area contributed by atoms with Crippen molar-refractivity contribution in [3.63, 3.8) is 0 Å². The average molecular weight is 360 g/mol. The Labute approximate surface area is 134 Å². The largest absolute Gasteiger partial charge is 0.305 e. The molecule has 0 aliphatic heterocycles. The standard InChI is InChI=1S/C12H28N2O6S2/c1-13(7-5-11-19-21(3,15)16)9-10-14(2)8-6-12-20-22(4,17)18/h5-12H2,1-4H3. The van der Waals surface area contributed by atoms with E-state index < -0.39 is 20.2 Å². The van der Waals surface area contributed by atoms with Gasteiger partial charge in [-0.15, -0.1) is 0 Å². The normalized spacial score (nSPS) is 13.2. The molecule has 0 unspecified atom stereocenters. The molecule has 22 heavy (non-hydrogen) atoms. The summed E-state index contributed by atoms with van der Waals surface area (Å²) in [5.74, 6) is 0. The molecule has 0 bridgehead atoms. The summed E-state index contributed by atoms with van der Waals surface area (Å²) in [6.07, 6.45) is 3.38. The van der Waals surface area contributed by atoms with Gasteiger partial charge in [-0.2, -0.15) is 16.8 Å². The zero-order valence-electron chi connectivity index (χ0n) is 13.8. The summed E-state index contributed by atoms with van der Waals surface area (Å²) >= 11 is 0. The Balaban J connectivity index is 3.62. The van der Waals surface area contributed by atoms with Crippen molar-refractivity contribution in [1.29, 1.82) is 0 Å². The summed E-state index contributed by atoms with van der Waals surface area (Å²) in [6, 6.07) is 0. The summed E-state index contributed by atoms with van der Waals surface area (Å²) in [7, 11) is -2.79. The summed E-state index contributed by atoms with van der Waals surface area (Å²) in [5.41, 5.74) is 0. The van der Waals surface area contributed by atoms with Crippen molar-refractivity contribution in [3.8, 4) is 0 Å². The van der Waals surface area contributed by atoms with Crippen molar-refractivity contribution in [2.75, 3.05) is 66.0 Å². The molecule has 0 N–H and O–H groups in total. The van der Waals surface area contributed by atoms with Gasteiger partial charge >= 0.3 is 0 Å². The molecule has 0 aliphatic rings. The van der Waals surface area contributed by atoms with E-state index in [1.807, 2.05) is 14.1 Å². The second-order valence-corrected chi connectivity index (χ2v) is 8.65. The Hall–Kier alpha value is -0.260. The third-order valence-corrected chi connectivity index (χ3v) is 4.02. The highest BCUT2D eigenvalue weighted by Gasteiger charge is 2.05. The predicted octanol–water partition coefficient (Wildman–Crippen LogP) is -0.417. The van der Waals surface area contributed by atoms with Gasteiger partial charge in [0.15, 0.2) is 0 Å². The van der Waals surface area contributed by atoms with E-state index in [1.165, 1.54) is 0 Å². The van der Waals surface area contributed by atoms with E-state index in [0.717, 1.165) is 38.7 Å². The third kappa shape index (κ3) is 16.1. The van der Waals surface area contributed by atoms with Gasteiger partial charge in [0.1, 0.15) is 0 Å². The summed E-state index contributed by atoms with van der Waals surface area (Å²) in [5, 5.41) is 0. The van der Waals surface area contributed by atoms with Crippen LogP contribution in [-0.4, -0.2) is 92.6 Å². The van der Waals surface area contributed by atoms with Gasteiger partial charge in [-0.1, -0.05) is 0 Å². The van der Waals surface area contributed by atoms with E-state index in [2.05, 4.69) is 18.2 Å². The molecule has 0 atom stereocenters. The van der Waals surface area contributed by atoms with E-state index in [1.54, 1.807) is 0 Å². The summed E-state index contributed by atoms with van der Waals surface area (Å²) in [4.78, 5) is 4.18. The van der Waals surface area contributed by atoms with Crippen molar-refractivity contribution in [1.82, 2.24) is 9.80 Å². The van der Waals surface area contributed by atoms with Crippen LogP contribution in [0.5, 0.6) is 0 Å². The molecule has 134 valence electrons. The van der Waals surface area contributed by atoms with E-state index in [0.29, 0.717) is 12.8 Å². The molecule has 0 aromatic rings. The second kappa shape index (κ2) is 10.5. The fraction of sp³-hybridized carbons (Fsp3) is 1.00. The van der Waals surface area contributed by atoms with Crippen LogP contribution >= 0.6 is 0 Å². The molecule has 0 spiro atoms. The van der Waals surface area contributed by atoms with Crippen molar-refractivity contribution in [2.45, 2.75) is 12.8 Å². The Bertz CT molecular complexity index is 446. The van der Waals surface area contributed by atoms with Crippen molar-refractivity contribution >= 4 is 20.2 Å². The highest BCUT2D eigenvalue weighted by atomic mass is 32.2. The maximum absolute atomic E-state index is 10.8. The quantitative estimate of drug-likeness (QED) is 0.323. The van der Waals surface area contributed by atoms with Crippen LogP contribution in [0.25, 0.3) is 0 Å². The van der Waals surface area contributed by atoms with Crippen LogP contribution < -0.4 is 0 Å². The van der Waals surface area contributed by atoms with Crippen LogP contribution in [0.2, 0.25) is 0 Å². The van der Waals surface area contributed by atoms with Gasteiger partial charge in [0.05, 0.1) is 25.7 Å². The Morgan fingerprint density at radius 3 is 1.27 bits per heavy atom. The molecule has 0 saturated carbocycles. The fourth-order valence-electron chi connectivity index (χ4n) is 1.65. The van der Waals surface area contributed by atoms with Gasteiger partial charge in [0.2, 0.25) is 0 Å². The first-order valence-corrected chi connectivity index (χ1v) is 10.7. The first-order chi connectivity index (χ1) is 9.99. The highest BCUT2D eigenvalue weighted by Crippen LogP contribution is 1.96. The van der Waals surface area contributed by atoms with Crippen LogP contribution in [0.3, 0.4) is 0 Å². The Morgan fingerprint density at radius 1 is 0.682 bits per heavy atom. The van der Waals surface area contributed by atoms with Gasteiger partial charge in [0, 0.05) is 26.2 Å². The minimum absolute atomic E-state index is 0.196. The number of hydrogen-bond donors (Lipinski definition) is 0. The van der Waals surface area contributed by atoms with Crippen LogP contribution in [0.4, 0.5) is 0 Å². The minimum atomic E-state index is -3.35. The molecule has 0 aliphatic carbocycles. The zero-order chi connectivity index (χ0) is 17.2. The molecule has 0 radical (unpaired) electrons. The van der Waals surface area contributed by atoms with Crippen LogP contribution in [0, 0.1) is 0 Å². The number of nitrogens with zero attached hydrogens (tertiary/aromatic N) is 2. The molecule has 0 rings (SSSR count). The van der Waals surface area contributed by atoms with E-state index in [9.17, 15) is 16.8 Å². The molecule has 0 aromatic heterocycles. The maximum Gasteiger partial charge on any atom is 0.264 e. The van der Waals surface area contributed by atoms with Crippen molar-refractivity contribution in [3.05, 3.63) is 0 Å². The maximum atomic E-state index is 10.8. The lowest BCUT2D eigenvalue weighted by molar-refractivity contribution is 0.223. The van der Waals surface area contributed by atoms with Gasteiger partial charge in [0.25, 0.3) is 20.2 Å². The number of rotatable bonds is 13. The Morgan fingerprint density at radius 2 is 1.00 bits per heavy atom. The SMILES string of the molecule is CN(CCCOS(C)(=O)=O)CCN(C)CCCOS(C)(=O)=O. The Kier molecular flexibility index (Phi) is 10.4. The van der Waals surface area contributed by atoms with Gasteiger partial charge in [-0.05, 0) is 26.9 Å². The molecule has 0 aromatic carbocycles. The highest BCUT2D eigenvalue weighted by molar-refractivity contribution is 7.86. The van der Waals surface area contributed by atoms with Crippen LogP contribution in [0.1, 0.15) is 12.8 Å². The first kappa shape index (κ1) is 21.7. The lowest BCUT2D eigenvalue weighted by atomic mass is 10.4. The monoisotopic (exact) mass is 360 g/mol. The topological polar surface area (TPSA) is 93.2 Å². The molecule has 10 heteroatoms. The molecule has 0 amide bonds. The average Bonchev–Trinajstić information content (AvgIpc) is 2.35. The lowest BCUT2D eigenvalue weighted by Gasteiger charge is -2.21. The summed E-state index contributed by atoms with van der Waals surface area (Å²) in [6.45, 7) is 3.56. The molecule has 0 fully saturated rings.